The fourth-order valence-corrected chi connectivity index (χ4v) is 3.42. The standard InChI is InChI=1S/C24H26BrN3O2/c1-17(28-22-16-21(30-2)15-19-6-4-14-27-24(19)22)5-3-13-26-23(29)12-9-18-7-10-20(25)11-8-18/h4,6-12,14-17,28H,3,5,13H2,1-2H3,(H,26,29)/b12-9+. The quantitative estimate of drug-likeness (QED) is 0.325. The molecule has 6 heteroatoms. The molecule has 1 amide bonds. The number of pyridine rings is 1. The smallest absolute Gasteiger partial charge is 0.243 e. The molecule has 1 aromatic heterocycles. The number of benzene rings is 2. The van der Waals surface area contributed by atoms with Crippen LogP contribution in [0.1, 0.15) is 25.3 Å². The number of rotatable bonds is 9. The number of ether oxygens (including phenoxy) is 1. The number of halogens is 1. The van der Waals surface area contributed by atoms with Gasteiger partial charge < -0.3 is 15.4 Å². The van der Waals surface area contributed by atoms with Gasteiger partial charge in [-0.05, 0) is 55.7 Å². The molecule has 0 aliphatic heterocycles. The molecular formula is C24H26BrN3O2. The highest BCUT2D eigenvalue weighted by Crippen LogP contribution is 2.28. The summed E-state index contributed by atoms with van der Waals surface area (Å²) in [6.45, 7) is 2.76. The van der Waals surface area contributed by atoms with E-state index in [9.17, 15) is 4.79 Å². The fraction of sp³-hybridized carbons (Fsp3) is 0.250. The first-order valence-electron chi connectivity index (χ1n) is 9.96. The number of anilines is 1. The zero-order valence-corrected chi connectivity index (χ0v) is 18.8. The molecular weight excluding hydrogens is 442 g/mol. The minimum atomic E-state index is -0.0819. The molecule has 1 unspecified atom stereocenters. The maximum absolute atomic E-state index is 12.0. The van der Waals surface area contributed by atoms with E-state index in [4.69, 9.17) is 4.74 Å². The molecule has 0 spiro atoms. The van der Waals surface area contributed by atoms with Crippen molar-refractivity contribution in [2.24, 2.45) is 0 Å². The van der Waals surface area contributed by atoms with Crippen molar-refractivity contribution >= 4 is 44.5 Å². The van der Waals surface area contributed by atoms with Crippen LogP contribution >= 0.6 is 15.9 Å². The summed E-state index contributed by atoms with van der Waals surface area (Å²) in [7, 11) is 1.67. The van der Waals surface area contributed by atoms with E-state index in [-0.39, 0.29) is 11.9 Å². The monoisotopic (exact) mass is 467 g/mol. The second-order valence-electron chi connectivity index (χ2n) is 7.11. The van der Waals surface area contributed by atoms with Crippen molar-refractivity contribution in [1.82, 2.24) is 10.3 Å². The van der Waals surface area contributed by atoms with Gasteiger partial charge in [-0.1, -0.05) is 34.1 Å². The van der Waals surface area contributed by atoms with Crippen LogP contribution in [0.15, 0.2) is 65.3 Å². The summed E-state index contributed by atoms with van der Waals surface area (Å²) in [6, 6.07) is 15.9. The summed E-state index contributed by atoms with van der Waals surface area (Å²) in [5.41, 5.74) is 2.88. The molecule has 0 saturated carbocycles. The molecule has 0 aliphatic carbocycles. The molecule has 0 bridgehead atoms. The van der Waals surface area contributed by atoms with Crippen LogP contribution in [0.25, 0.3) is 17.0 Å². The molecule has 3 rings (SSSR count). The Morgan fingerprint density at radius 2 is 2.03 bits per heavy atom. The average Bonchev–Trinajstić information content (AvgIpc) is 2.76. The molecule has 0 radical (unpaired) electrons. The molecule has 30 heavy (non-hydrogen) atoms. The lowest BCUT2D eigenvalue weighted by Gasteiger charge is -2.17. The second-order valence-corrected chi connectivity index (χ2v) is 8.03. The van der Waals surface area contributed by atoms with Gasteiger partial charge in [-0.15, -0.1) is 0 Å². The van der Waals surface area contributed by atoms with Crippen molar-refractivity contribution in [2.75, 3.05) is 19.0 Å². The highest BCUT2D eigenvalue weighted by molar-refractivity contribution is 9.10. The van der Waals surface area contributed by atoms with E-state index in [1.165, 1.54) is 0 Å². The van der Waals surface area contributed by atoms with Gasteiger partial charge in [-0.25, -0.2) is 0 Å². The van der Waals surface area contributed by atoms with Gasteiger partial charge in [0.25, 0.3) is 0 Å². The Balaban J connectivity index is 1.46. The Bertz CT molecular complexity index is 1020. The van der Waals surface area contributed by atoms with Gasteiger partial charge in [0.1, 0.15) is 5.75 Å². The van der Waals surface area contributed by atoms with Crippen LogP contribution in [0, 0.1) is 0 Å². The number of carbonyl (C=O) groups is 1. The predicted octanol–water partition coefficient (Wildman–Crippen LogP) is 5.42. The Morgan fingerprint density at radius 1 is 1.23 bits per heavy atom. The Morgan fingerprint density at radius 3 is 2.80 bits per heavy atom. The van der Waals surface area contributed by atoms with Gasteiger partial charge in [-0.3, -0.25) is 9.78 Å². The Kier molecular flexibility index (Phi) is 7.85. The number of carbonyl (C=O) groups excluding carboxylic acids is 1. The summed E-state index contributed by atoms with van der Waals surface area (Å²) in [4.78, 5) is 16.5. The van der Waals surface area contributed by atoms with Crippen LogP contribution in [-0.2, 0) is 4.79 Å². The van der Waals surface area contributed by atoms with E-state index in [1.54, 1.807) is 19.4 Å². The van der Waals surface area contributed by atoms with Gasteiger partial charge in [-0.2, -0.15) is 0 Å². The van der Waals surface area contributed by atoms with Crippen molar-refractivity contribution in [3.63, 3.8) is 0 Å². The lowest BCUT2D eigenvalue weighted by molar-refractivity contribution is -0.116. The number of nitrogens with zero attached hydrogens (tertiary/aromatic N) is 1. The topological polar surface area (TPSA) is 63.2 Å². The van der Waals surface area contributed by atoms with E-state index in [0.29, 0.717) is 6.54 Å². The average molecular weight is 468 g/mol. The molecule has 156 valence electrons. The van der Waals surface area contributed by atoms with E-state index in [0.717, 1.165) is 45.2 Å². The third-order valence-electron chi connectivity index (χ3n) is 4.73. The minimum Gasteiger partial charge on any atom is -0.497 e. The normalized spacial score (nSPS) is 12.1. The third kappa shape index (κ3) is 6.32. The summed E-state index contributed by atoms with van der Waals surface area (Å²) >= 11 is 3.40. The highest BCUT2D eigenvalue weighted by atomic mass is 79.9. The van der Waals surface area contributed by atoms with Gasteiger partial charge >= 0.3 is 0 Å². The molecule has 3 aromatic rings. The Labute approximate surface area is 185 Å². The summed E-state index contributed by atoms with van der Waals surface area (Å²) < 4.78 is 6.42. The molecule has 0 saturated heterocycles. The number of amides is 1. The van der Waals surface area contributed by atoms with Gasteiger partial charge in [0.05, 0.1) is 18.3 Å². The zero-order chi connectivity index (χ0) is 21.3. The molecule has 2 aromatic carbocycles. The molecule has 0 fully saturated rings. The van der Waals surface area contributed by atoms with E-state index in [1.807, 2.05) is 54.6 Å². The fourth-order valence-electron chi connectivity index (χ4n) is 3.15. The van der Waals surface area contributed by atoms with Crippen molar-refractivity contribution in [1.29, 1.82) is 0 Å². The number of methoxy groups -OCH3 is 1. The molecule has 1 heterocycles. The largest absolute Gasteiger partial charge is 0.497 e. The molecule has 5 nitrogen and oxygen atoms in total. The SMILES string of the molecule is COc1cc(NC(C)CCCNC(=O)/C=C/c2ccc(Br)cc2)c2ncccc2c1. The maximum atomic E-state index is 12.0. The minimum absolute atomic E-state index is 0.0819. The van der Waals surface area contributed by atoms with Crippen molar-refractivity contribution in [3.05, 3.63) is 70.8 Å². The van der Waals surface area contributed by atoms with Crippen LogP contribution < -0.4 is 15.4 Å². The van der Waals surface area contributed by atoms with E-state index < -0.39 is 0 Å². The lowest BCUT2D eigenvalue weighted by atomic mass is 10.1. The van der Waals surface area contributed by atoms with Crippen LogP contribution in [0.4, 0.5) is 5.69 Å². The first-order chi connectivity index (χ1) is 14.5. The number of aromatic nitrogens is 1. The van der Waals surface area contributed by atoms with Crippen LogP contribution in [0.5, 0.6) is 5.75 Å². The number of hydrogen-bond donors (Lipinski definition) is 2. The van der Waals surface area contributed by atoms with E-state index in [2.05, 4.69) is 38.5 Å². The lowest BCUT2D eigenvalue weighted by Crippen LogP contribution is -2.24. The molecule has 2 N–H and O–H groups in total. The third-order valence-corrected chi connectivity index (χ3v) is 5.25. The number of fused-ring (bicyclic) bond motifs is 1. The first kappa shape index (κ1) is 21.8. The predicted molar refractivity (Wildman–Crippen MR) is 127 cm³/mol. The van der Waals surface area contributed by atoms with Crippen LogP contribution in [0.3, 0.4) is 0 Å². The summed E-state index contributed by atoms with van der Waals surface area (Å²) in [5, 5.41) is 7.50. The van der Waals surface area contributed by atoms with Crippen molar-refractivity contribution < 1.29 is 9.53 Å². The van der Waals surface area contributed by atoms with Gasteiger partial charge in [0, 0.05) is 40.8 Å². The second kappa shape index (κ2) is 10.8. The van der Waals surface area contributed by atoms with E-state index >= 15 is 0 Å². The zero-order valence-electron chi connectivity index (χ0n) is 17.2. The highest BCUT2D eigenvalue weighted by Gasteiger charge is 2.09. The molecule has 1 atom stereocenters. The number of nitrogens with one attached hydrogen (secondary N) is 2. The van der Waals surface area contributed by atoms with Gasteiger partial charge in [0.15, 0.2) is 0 Å². The van der Waals surface area contributed by atoms with Crippen molar-refractivity contribution in [3.8, 4) is 5.75 Å². The van der Waals surface area contributed by atoms with Crippen LogP contribution in [0.2, 0.25) is 0 Å². The van der Waals surface area contributed by atoms with Gasteiger partial charge in [0.2, 0.25) is 5.91 Å². The Hall–Kier alpha value is -2.86. The maximum Gasteiger partial charge on any atom is 0.243 e. The first-order valence-corrected chi connectivity index (χ1v) is 10.8. The molecule has 0 aliphatic rings. The van der Waals surface area contributed by atoms with Crippen LogP contribution in [-0.4, -0.2) is 30.6 Å². The van der Waals surface area contributed by atoms with Crippen molar-refractivity contribution in [2.45, 2.75) is 25.8 Å². The number of hydrogen-bond acceptors (Lipinski definition) is 4. The summed E-state index contributed by atoms with van der Waals surface area (Å²) in [6.07, 6.45) is 6.97. The summed E-state index contributed by atoms with van der Waals surface area (Å²) in [5.74, 6) is 0.719.